The lowest BCUT2D eigenvalue weighted by Gasteiger charge is -2.48. The molecule has 4 aliphatic rings. The lowest BCUT2D eigenvalue weighted by molar-refractivity contribution is 0.331. The van der Waals surface area contributed by atoms with Crippen LogP contribution in [0.25, 0.3) is 10.1 Å². The van der Waals surface area contributed by atoms with E-state index in [-0.39, 0.29) is 33.8 Å². The van der Waals surface area contributed by atoms with E-state index < -0.39 is 0 Å². The second-order valence-electron chi connectivity index (χ2n) is 24.8. The minimum atomic E-state index is 0.00268. The lowest BCUT2D eigenvalue weighted by atomic mass is 9.33. The number of nitrogens with zero attached hydrogens (tertiary/aromatic N) is 3. The molecule has 0 saturated heterocycles. The standard InChI is InChI=1S/C65H68BN3S/c1-41-35-48-50(64(9,10)33-31-62(48,5)6)39-53(41)69-54-40-51-49(63(7,8)32-34-65(51,11)12)38-52(54)66-58-47-25-19-20-26-57(47)70-60(58)68(45-29-27-42(28-30-45)61(2,3)4)55-36-46(37-56(69)59(55)66)67(43-21-15-13-16-22-43)44-23-17-14-18-24-44/h13-30,35-40H,31-34H2,1-12H3. The van der Waals surface area contributed by atoms with Crippen LogP contribution in [0.3, 0.4) is 0 Å². The fourth-order valence-corrected chi connectivity index (χ4v) is 14.1. The number of aryl methyl sites for hydroxylation is 1. The van der Waals surface area contributed by atoms with E-state index >= 15 is 0 Å². The van der Waals surface area contributed by atoms with Crippen LogP contribution in [-0.4, -0.2) is 6.71 Å². The highest BCUT2D eigenvalue weighted by molar-refractivity contribution is 7.26. The molecule has 3 nitrogen and oxygen atoms in total. The molecule has 0 atom stereocenters. The van der Waals surface area contributed by atoms with Crippen LogP contribution in [0.1, 0.15) is 135 Å². The summed E-state index contributed by atoms with van der Waals surface area (Å²) in [6, 6.07) is 56.3. The summed E-state index contributed by atoms with van der Waals surface area (Å²) >= 11 is 1.95. The van der Waals surface area contributed by atoms with Gasteiger partial charge in [-0.05, 0) is 182 Å². The van der Waals surface area contributed by atoms with Gasteiger partial charge in [0.1, 0.15) is 0 Å². The number of benzene rings is 7. The van der Waals surface area contributed by atoms with E-state index in [9.17, 15) is 0 Å². The molecule has 7 aromatic carbocycles. The molecule has 8 aromatic rings. The van der Waals surface area contributed by atoms with Crippen molar-refractivity contribution >= 4 is 95.0 Å². The number of anilines is 9. The van der Waals surface area contributed by atoms with Crippen molar-refractivity contribution in [3.8, 4) is 0 Å². The molecule has 0 amide bonds. The van der Waals surface area contributed by atoms with Gasteiger partial charge >= 0.3 is 0 Å². The Labute approximate surface area is 422 Å². The average Bonchev–Trinajstić information content (AvgIpc) is 3.71. The topological polar surface area (TPSA) is 9.72 Å². The van der Waals surface area contributed by atoms with Crippen molar-refractivity contribution in [1.82, 2.24) is 0 Å². The molecule has 0 spiro atoms. The molecule has 12 rings (SSSR count). The fourth-order valence-electron chi connectivity index (χ4n) is 12.8. The summed E-state index contributed by atoms with van der Waals surface area (Å²) in [5.41, 5.74) is 22.7. The Morgan fingerprint density at radius 1 is 0.486 bits per heavy atom. The molecule has 1 aromatic heterocycles. The summed E-state index contributed by atoms with van der Waals surface area (Å²) in [6.45, 7) is 29.2. The SMILES string of the molecule is Cc1cc2c(cc1N1c3cc4c(cc3B3c5c1cc(N(c1ccccc1)c1ccccc1)cc5N(c1ccc(C(C)(C)C)cc1)c1sc5ccccc5c13)C(C)(C)CCC4(C)C)C(C)(C)CCC2(C)C. The molecule has 0 fully saturated rings. The van der Waals surface area contributed by atoms with Gasteiger partial charge < -0.3 is 14.7 Å². The highest BCUT2D eigenvalue weighted by atomic mass is 32.1. The van der Waals surface area contributed by atoms with Crippen LogP contribution in [-0.2, 0) is 27.1 Å². The molecule has 0 N–H and O–H groups in total. The first-order valence-corrected chi connectivity index (χ1v) is 26.7. The van der Waals surface area contributed by atoms with Gasteiger partial charge in [-0.2, -0.15) is 0 Å². The maximum Gasteiger partial charge on any atom is 0.254 e. The van der Waals surface area contributed by atoms with E-state index in [2.05, 4.69) is 243 Å². The van der Waals surface area contributed by atoms with Gasteiger partial charge in [0, 0.05) is 44.5 Å². The third-order valence-electron chi connectivity index (χ3n) is 17.2. The maximum absolute atomic E-state index is 2.74. The molecule has 0 radical (unpaired) electrons. The number of rotatable bonds is 5. The third-order valence-corrected chi connectivity index (χ3v) is 18.4. The Morgan fingerprint density at radius 2 is 0.971 bits per heavy atom. The van der Waals surface area contributed by atoms with Gasteiger partial charge in [-0.15, -0.1) is 11.3 Å². The molecule has 352 valence electrons. The minimum Gasteiger partial charge on any atom is -0.311 e. The van der Waals surface area contributed by atoms with Gasteiger partial charge in [-0.3, -0.25) is 0 Å². The summed E-state index contributed by atoms with van der Waals surface area (Å²) in [7, 11) is 0. The number of fused-ring (bicyclic) bond motifs is 8. The van der Waals surface area contributed by atoms with Crippen LogP contribution >= 0.6 is 11.3 Å². The Kier molecular flexibility index (Phi) is 9.98. The van der Waals surface area contributed by atoms with Gasteiger partial charge in [0.2, 0.25) is 0 Å². The summed E-state index contributed by atoms with van der Waals surface area (Å²) in [5, 5.41) is 2.66. The van der Waals surface area contributed by atoms with Crippen LogP contribution in [0.2, 0.25) is 0 Å². The number of hydrogen-bond donors (Lipinski definition) is 0. The van der Waals surface area contributed by atoms with Crippen molar-refractivity contribution in [2.24, 2.45) is 0 Å². The Hall–Kier alpha value is -6.04. The highest BCUT2D eigenvalue weighted by Gasteiger charge is 2.49. The number of thiophene rings is 1. The first-order valence-electron chi connectivity index (χ1n) is 25.9. The van der Waals surface area contributed by atoms with Crippen LogP contribution < -0.4 is 31.1 Å². The molecule has 2 aliphatic heterocycles. The molecule has 0 unspecified atom stereocenters. The van der Waals surface area contributed by atoms with E-state index in [0.29, 0.717) is 0 Å². The fraction of sp³-hybridized carbons (Fsp3) is 0.323. The van der Waals surface area contributed by atoms with Crippen molar-refractivity contribution in [2.75, 3.05) is 14.7 Å². The first kappa shape index (κ1) is 45.1. The summed E-state index contributed by atoms with van der Waals surface area (Å²) in [4.78, 5) is 7.86. The zero-order valence-electron chi connectivity index (χ0n) is 43.5. The number of hydrogen-bond acceptors (Lipinski definition) is 4. The zero-order valence-corrected chi connectivity index (χ0v) is 44.3. The van der Waals surface area contributed by atoms with Crippen molar-refractivity contribution in [3.05, 3.63) is 179 Å². The summed E-state index contributed by atoms with van der Waals surface area (Å²) in [6.07, 6.45) is 4.67. The Balaban J connectivity index is 1.26. The van der Waals surface area contributed by atoms with Crippen molar-refractivity contribution < 1.29 is 0 Å². The quantitative estimate of drug-likeness (QED) is 0.159. The molecule has 70 heavy (non-hydrogen) atoms. The minimum absolute atomic E-state index is 0.00268. The van der Waals surface area contributed by atoms with Crippen LogP contribution in [0.15, 0.2) is 146 Å². The van der Waals surface area contributed by atoms with Gasteiger partial charge in [0.25, 0.3) is 6.71 Å². The smallest absolute Gasteiger partial charge is 0.254 e. The van der Waals surface area contributed by atoms with Gasteiger partial charge in [0.05, 0.1) is 10.7 Å². The predicted octanol–water partition coefficient (Wildman–Crippen LogP) is 16.8. The second-order valence-corrected chi connectivity index (χ2v) is 25.8. The average molecular weight is 934 g/mol. The molecule has 2 aliphatic carbocycles. The maximum atomic E-state index is 2.74. The molecule has 5 heteroatoms. The van der Waals surface area contributed by atoms with Crippen LogP contribution in [0.5, 0.6) is 0 Å². The van der Waals surface area contributed by atoms with E-state index in [4.69, 9.17) is 0 Å². The molecular formula is C65H68BN3S. The van der Waals surface area contributed by atoms with Crippen molar-refractivity contribution in [3.63, 3.8) is 0 Å². The summed E-state index contributed by atoms with van der Waals surface area (Å²) < 4.78 is 1.33. The predicted molar refractivity (Wildman–Crippen MR) is 305 cm³/mol. The Morgan fingerprint density at radius 3 is 1.53 bits per heavy atom. The molecule has 3 heterocycles. The Bertz CT molecular complexity index is 3350. The summed E-state index contributed by atoms with van der Waals surface area (Å²) in [5.74, 6) is 0. The van der Waals surface area contributed by atoms with E-state index in [1.807, 2.05) is 11.3 Å². The molecular weight excluding hydrogens is 866 g/mol. The first-order chi connectivity index (χ1) is 33.2. The third kappa shape index (κ3) is 6.88. The van der Waals surface area contributed by atoms with Gasteiger partial charge in [0.15, 0.2) is 0 Å². The van der Waals surface area contributed by atoms with Crippen molar-refractivity contribution in [2.45, 2.75) is 136 Å². The van der Waals surface area contributed by atoms with Gasteiger partial charge in [-0.1, -0.05) is 155 Å². The van der Waals surface area contributed by atoms with Crippen LogP contribution in [0.4, 0.5) is 50.5 Å². The molecule has 0 saturated carbocycles. The van der Waals surface area contributed by atoms with Crippen molar-refractivity contribution in [1.29, 1.82) is 0 Å². The largest absolute Gasteiger partial charge is 0.311 e. The second kappa shape index (κ2) is 15.5. The zero-order chi connectivity index (χ0) is 48.9. The van der Waals surface area contributed by atoms with Crippen LogP contribution in [0, 0.1) is 6.92 Å². The normalized spacial score (nSPS) is 17.9. The van der Waals surface area contributed by atoms with E-state index in [1.54, 1.807) is 0 Å². The highest BCUT2D eigenvalue weighted by Crippen LogP contribution is 2.55. The monoisotopic (exact) mass is 934 g/mol. The lowest BCUT2D eigenvalue weighted by Crippen LogP contribution is -2.61. The number of para-hydroxylation sites is 2. The van der Waals surface area contributed by atoms with E-state index in [0.717, 1.165) is 29.9 Å². The molecule has 0 bridgehead atoms. The van der Waals surface area contributed by atoms with Gasteiger partial charge in [-0.25, -0.2) is 0 Å². The van der Waals surface area contributed by atoms with E-state index in [1.165, 1.54) is 106 Å².